The molecule has 3 N–H and O–H groups in total. The van der Waals surface area contributed by atoms with Crippen LogP contribution < -0.4 is 15.4 Å². The first-order valence-corrected chi connectivity index (χ1v) is 6.42. The van der Waals surface area contributed by atoms with Gasteiger partial charge in [0.2, 0.25) is 5.91 Å². The van der Waals surface area contributed by atoms with Crippen molar-refractivity contribution in [2.75, 3.05) is 19.0 Å². The summed E-state index contributed by atoms with van der Waals surface area (Å²) in [4.78, 5) is 23.0. The summed E-state index contributed by atoms with van der Waals surface area (Å²) < 4.78 is 5.03. The van der Waals surface area contributed by atoms with Crippen LogP contribution in [0.15, 0.2) is 18.2 Å². The van der Waals surface area contributed by atoms with Crippen LogP contribution in [-0.2, 0) is 4.79 Å². The molecule has 0 aliphatic carbocycles. The number of nitrogens with one attached hydrogen (secondary N) is 2. The highest BCUT2D eigenvalue weighted by molar-refractivity contribution is 6.00. The van der Waals surface area contributed by atoms with Crippen LogP contribution in [0.2, 0.25) is 0 Å². The summed E-state index contributed by atoms with van der Waals surface area (Å²) in [5.74, 6) is -0.845. The molecule has 0 aromatic heterocycles. The van der Waals surface area contributed by atoms with Crippen molar-refractivity contribution in [1.29, 1.82) is 0 Å². The van der Waals surface area contributed by atoms with Gasteiger partial charge in [-0.25, -0.2) is 4.79 Å². The van der Waals surface area contributed by atoms with Crippen molar-refractivity contribution in [3.05, 3.63) is 23.8 Å². The molecule has 0 fully saturated rings. The van der Waals surface area contributed by atoms with E-state index in [1.807, 2.05) is 13.8 Å². The lowest BCUT2D eigenvalue weighted by Crippen LogP contribution is -2.30. The van der Waals surface area contributed by atoms with E-state index in [2.05, 4.69) is 10.6 Å². The molecule has 20 heavy (non-hydrogen) atoms. The van der Waals surface area contributed by atoms with Crippen LogP contribution >= 0.6 is 0 Å². The molecule has 6 nitrogen and oxygen atoms in total. The average molecular weight is 280 g/mol. The minimum atomic E-state index is -1.09. The Bertz CT molecular complexity index is 488. The molecule has 1 atom stereocenters. The summed E-state index contributed by atoms with van der Waals surface area (Å²) in [7, 11) is 1.48. The number of amides is 1. The number of carboxylic acid groups (broad SMARTS) is 1. The number of carbonyl (C=O) groups is 2. The molecule has 0 heterocycles. The lowest BCUT2D eigenvalue weighted by atomic mass is 10.1. The predicted octanol–water partition coefficient (Wildman–Crippen LogP) is 1.72. The van der Waals surface area contributed by atoms with E-state index in [0.29, 0.717) is 5.75 Å². The molecule has 0 saturated carbocycles. The fourth-order valence-corrected chi connectivity index (χ4v) is 1.84. The number of aromatic carboxylic acids is 1. The van der Waals surface area contributed by atoms with Gasteiger partial charge >= 0.3 is 5.97 Å². The zero-order chi connectivity index (χ0) is 15.1. The van der Waals surface area contributed by atoms with Crippen LogP contribution in [0.25, 0.3) is 0 Å². The third-order valence-electron chi connectivity index (χ3n) is 2.78. The van der Waals surface area contributed by atoms with Crippen molar-refractivity contribution in [3.8, 4) is 5.75 Å². The van der Waals surface area contributed by atoms with Crippen molar-refractivity contribution in [3.63, 3.8) is 0 Å². The van der Waals surface area contributed by atoms with Gasteiger partial charge in [0, 0.05) is 18.5 Å². The zero-order valence-electron chi connectivity index (χ0n) is 11.9. The van der Waals surface area contributed by atoms with Crippen LogP contribution in [0.1, 0.15) is 30.6 Å². The second-order valence-electron chi connectivity index (χ2n) is 4.43. The SMILES string of the molecule is CCNC(C)CC(=O)Nc1cc(OC)ccc1C(=O)O. The molecule has 0 aliphatic heterocycles. The summed E-state index contributed by atoms with van der Waals surface area (Å²) in [6, 6.07) is 4.48. The standard InChI is InChI=1S/C14H20N2O4/c1-4-15-9(2)7-13(17)16-12-8-10(20-3)5-6-11(12)14(18)19/h5-6,8-9,15H,4,7H2,1-3H3,(H,16,17)(H,18,19). The van der Waals surface area contributed by atoms with Gasteiger partial charge in [-0.05, 0) is 25.6 Å². The monoisotopic (exact) mass is 280 g/mol. The Morgan fingerprint density at radius 3 is 2.65 bits per heavy atom. The maximum Gasteiger partial charge on any atom is 0.337 e. The summed E-state index contributed by atoms with van der Waals surface area (Å²) in [5, 5.41) is 14.8. The predicted molar refractivity (Wildman–Crippen MR) is 76.3 cm³/mol. The summed E-state index contributed by atoms with van der Waals surface area (Å²) >= 11 is 0. The Kier molecular flexibility index (Phi) is 5.99. The Balaban J connectivity index is 2.84. The number of ether oxygens (including phenoxy) is 1. The highest BCUT2D eigenvalue weighted by atomic mass is 16.5. The maximum atomic E-state index is 11.9. The molecule has 1 unspecified atom stereocenters. The molecule has 1 aromatic rings. The Hall–Kier alpha value is -2.08. The Labute approximate surface area is 118 Å². The molecule has 0 saturated heterocycles. The van der Waals surface area contributed by atoms with Crippen molar-refractivity contribution in [1.82, 2.24) is 5.32 Å². The molecular formula is C14H20N2O4. The number of carbonyl (C=O) groups excluding carboxylic acids is 1. The van der Waals surface area contributed by atoms with E-state index >= 15 is 0 Å². The number of methoxy groups -OCH3 is 1. The minimum Gasteiger partial charge on any atom is -0.497 e. The van der Waals surface area contributed by atoms with Gasteiger partial charge in [-0.1, -0.05) is 6.92 Å². The molecule has 0 aliphatic rings. The van der Waals surface area contributed by atoms with E-state index in [4.69, 9.17) is 9.84 Å². The van der Waals surface area contributed by atoms with Crippen LogP contribution in [0.4, 0.5) is 5.69 Å². The van der Waals surface area contributed by atoms with Gasteiger partial charge in [0.25, 0.3) is 0 Å². The first-order chi connectivity index (χ1) is 9.47. The average Bonchev–Trinajstić information content (AvgIpc) is 2.38. The smallest absolute Gasteiger partial charge is 0.337 e. The van der Waals surface area contributed by atoms with Crippen molar-refractivity contribution < 1.29 is 19.4 Å². The molecule has 1 rings (SSSR count). The number of hydrogen-bond acceptors (Lipinski definition) is 4. The van der Waals surface area contributed by atoms with E-state index < -0.39 is 5.97 Å². The lowest BCUT2D eigenvalue weighted by molar-refractivity contribution is -0.116. The number of carboxylic acids is 1. The van der Waals surface area contributed by atoms with Gasteiger partial charge in [-0.2, -0.15) is 0 Å². The largest absolute Gasteiger partial charge is 0.497 e. The van der Waals surface area contributed by atoms with Crippen molar-refractivity contribution >= 4 is 17.6 Å². The van der Waals surface area contributed by atoms with E-state index in [-0.39, 0.29) is 29.6 Å². The Morgan fingerprint density at radius 2 is 2.10 bits per heavy atom. The quantitative estimate of drug-likeness (QED) is 0.708. The summed E-state index contributed by atoms with van der Waals surface area (Å²) in [5.41, 5.74) is 0.279. The minimum absolute atomic E-state index is 0.0267. The van der Waals surface area contributed by atoms with E-state index in [9.17, 15) is 9.59 Å². The number of hydrogen-bond donors (Lipinski definition) is 3. The maximum absolute atomic E-state index is 11.9. The second kappa shape index (κ2) is 7.49. The summed E-state index contributed by atoms with van der Waals surface area (Å²) in [6.45, 7) is 4.62. The van der Waals surface area contributed by atoms with Gasteiger partial charge in [0.05, 0.1) is 18.4 Å². The number of rotatable bonds is 7. The third kappa shape index (κ3) is 4.55. The van der Waals surface area contributed by atoms with Gasteiger partial charge in [0.1, 0.15) is 5.75 Å². The lowest BCUT2D eigenvalue weighted by Gasteiger charge is -2.14. The molecule has 1 amide bonds. The van der Waals surface area contributed by atoms with Crippen LogP contribution in [0, 0.1) is 0 Å². The second-order valence-corrected chi connectivity index (χ2v) is 4.43. The molecule has 110 valence electrons. The molecule has 6 heteroatoms. The molecular weight excluding hydrogens is 260 g/mol. The summed E-state index contributed by atoms with van der Waals surface area (Å²) in [6.07, 6.45) is 0.268. The van der Waals surface area contributed by atoms with Crippen molar-refractivity contribution in [2.45, 2.75) is 26.3 Å². The van der Waals surface area contributed by atoms with Crippen LogP contribution in [0.3, 0.4) is 0 Å². The normalized spacial score (nSPS) is 11.8. The van der Waals surface area contributed by atoms with Crippen LogP contribution in [0.5, 0.6) is 5.75 Å². The highest BCUT2D eigenvalue weighted by Gasteiger charge is 2.15. The Morgan fingerprint density at radius 1 is 1.40 bits per heavy atom. The highest BCUT2D eigenvalue weighted by Crippen LogP contribution is 2.22. The van der Waals surface area contributed by atoms with E-state index in [1.165, 1.54) is 19.2 Å². The van der Waals surface area contributed by atoms with Crippen LogP contribution in [-0.4, -0.2) is 36.7 Å². The third-order valence-corrected chi connectivity index (χ3v) is 2.78. The van der Waals surface area contributed by atoms with Gasteiger partial charge in [0.15, 0.2) is 0 Å². The fourth-order valence-electron chi connectivity index (χ4n) is 1.84. The van der Waals surface area contributed by atoms with Gasteiger partial charge < -0.3 is 20.5 Å². The molecule has 1 aromatic carbocycles. The zero-order valence-corrected chi connectivity index (χ0v) is 11.9. The van der Waals surface area contributed by atoms with E-state index in [1.54, 1.807) is 6.07 Å². The first-order valence-electron chi connectivity index (χ1n) is 6.42. The van der Waals surface area contributed by atoms with E-state index in [0.717, 1.165) is 6.54 Å². The van der Waals surface area contributed by atoms with Gasteiger partial charge in [-0.3, -0.25) is 4.79 Å². The molecule has 0 radical (unpaired) electrons. The fraction of sp³-hybridized carbons (Fsp3) is 0.429. The molecule has 0 bridgehead atoms. The number of benzene rings is 1. The van der Waals surface area contributed by atoms with Crippen molar-refractivity contribution in [2.24, 2.45) is 0 Å². The number of anilines is 1. The van der Waals surface area contributed by atoms with Gasteiger partial charge in [-0.15, -0.1) is 0 Å². The molecule has 0 spiro atoms. The topological polar surface area (TPSA) is 87.7 Å². The first kappa shape index (κ1) is 16.0.